The van der Waals surface area contributed by atoms with Crippen molar-refractivity contribution in [3.63, 3.8) is 0 Å². The molecule has 0 aliphatic rings. The molecular formula is C6H14AlCl. The number of hydrogen-bond acceptors (Lipinski definition) is 0. The molecule has 0 saturated heterocycles. The van der Waals surface area contributed by atoms with Crippen LogP contribution < -0.4 is 0 Å². The van der Waals surface area contributed by atoms with Gasteiger partial charge in [-0.1, -0.05) is 24.4 Å². The number of rotatable bonds is 3. The minimum atomic E-state index is -0.407. The molecule has 0 aliphatic carbocycles. The fourth-order valence-electron chi connectivity index (χ4n) is 0.622. The molecule has 0 radical (unpaired) electrons. The number of halogens is 1. The van der Waals surface area contributed by atoms with Gasteiger partial charge < -0.3 is 0 Å². The predicted octanol–water partition coefficient (Wildman–Crippen LogP) is 2.67. The molecule has 2 heteroatoms. The minimum Gasteiger partial charge on any atom is -0.151 e. The summed E-state index contributed by atoms with van der Waals surface area (Å²) in [5, 5.41) is 2.75. The van der Waals surface area contributed by atoms with Gasteiger partial charge >= 0.3 is 0 Å². The van der Waals surface area contributed by atoms with Crippen molar-refractivity contribution in [2.24, 2.45) is 0 Å². The molecule has 0 fully saturated rings. The van der Waals surface area contributed by atoms with Crippen molar-refractivity contribution in [2.75, 3.05) is 0 Å². The van der Waals surface area contributed by atoms with E-state index < -0.39 is 14.1 Å². The van der Waals surface area contributed by atoms with E-state index in [9.17, 15) is 0 Å². The van der Waals surface area contributed by atoms with Crippen molar-refractivity contribution < 1.29 is 0 Å². The van der Waals surface area contributed by atoms with Gasteiger partial charge in [-0.25, -0.2) is 0 Å². The largest absolute Gasteiger partial charge is 0.293 e. The summed E-state index contributed by atoms with van der Waals surface area (Å²) in [6.45, 7) is 8.27. The Balaban J connectivity index is 0. The van der Waals surface area contributed by atoms with Crippen LogP contribution in [0.25, 0.3) is 0 Å². The van der Waals surface area contributed by atoms with E-state index in [2.05, 4.69) is 25.4 Å². The first-order valence-electron chi connectivity index (χ1n) is 2.97. The lowest BCUT2D eigenvalue weighted by Crippen LogP contribution is -2.02. The zero-order valence-corrected chi connectivity index (χ0v) is 7.66. The third-order valence-electron chi connectivity index (χ3n) is 1.38. The molecule has 0 saturated carbocycles. The molecule has 0 aromatic rings. The standard InChI is InChI=1S/2C2H5.C2H3.Al.ClH/c3*1-2;;/h2*1H2,2H3;1H,2H2;;1H. The maximum absolute atomic E-state index is 3.76. The summed E-state index contributed by atoms with van der Waals surface area (Å²) in [6.07, 6.45) is 0. The van der Waals surface area contributed by atoms with Gasteiger partial charge in [0.1, 0.15) is 0 Å². The average Bonchev–Trinajstić information content (AvgIpc) is 1.72. The van der Waals surface area contributed by atoms with Crippen molar-refractivity contribution in [2.45, 2.75) is 24.4 Å². The monoisotopic (exact) mass is 148 g/mol. The van der Waals surface area contributed by atoms with Crippen LogP contribution in [-0.2, 0) is 0 Å². The fourth-order valence-corrected chi connectivity index (χ4v) is 1.87. The van der Waals surface area contributed by atoms with Crippen LogP contribution in [0.2, 0.25) is 10.6 Å². The molecule has 48 valence electrons. The van der Waals surface area contributed by atoms with Gasteiger partial charge in [0.05, 0.1) is 0 Å². The van der Waals surface area contributed by atoms with Crippen LogP contribution in [0.1, 0.15) is 13.8 Å². The quantitative estimate of drug-likeness (QED) is 0.540. The molecule has 0 rings (SSSR count). The Bertz CT molecular complexity index is 50.5. The average molecular weight is 149 g/mol. The van der Waals surface area contributed by atoms with Crippen LogP contribution in [0, 0.1) is 0 Å². The second-order valence-corrected chi connectivity index (χ2v) is 5.44. The molecule has 0 N–H and O–H groups in total. The van der Waals surface area contributed by atoms with Crippen LogP contribution in [-0.4, -0.2) is 14.1 Å². The first kappa shape index (κ1) is 11.4. The molecule has 0 unspecified atom stereocenters. The molecule has 0 nitrogen and oxygen atoms in total. The molecule has 0 aromatic carbocycles. The molecule has 8 heavy (non-hydrogen) atoms. The van der Waals surface area contributed by atoms with Crippen LogP contribution in [0.15, 0.2) is 11.5 Å². The minimum absolute atomic E-state index is 0. The van der Waals surface area contributed by atoms with Crippen molar-refractivity contribution in [1.29, 1.82) is 0 Å². The highest BCUT2D eigenvalue weighted by molar-refractivity contribution is 6.63. The predicted molar refractivity (Wildman–Crippen MR) is 44.2 cm³/mol. The summed E-state index contributed by atoms with van der Waals surface area (Å²) in [4.78, 5) is 2.17. The van der Waals surface area contributed by atoms with E-state index in [1.165, 1.54) is 10.6 Å². The maximum Gasteiger partial charge on any atom is 0.293 e. The zero-order chi connectivity index (χ0) is 5.70. The Morgan fingerprint density at radius 2 is 1.75 bits per heavy atom. The molecule has 0 atom stereocenters. The second kappa shape index (κ2) is 7.56. The third kappa shape index (κ3) is 4.71. The maximum atomic E-state index is 3.76. The Hall–Kier alpha value is 0.562. The van der Waals surface area contributed by atoms with Gasteiger partial charge in [-0.2, -0.15) is 4.94 Å². The van der Waals surface area contributed by atoms with E-state index in [1.54, 1.807) is 0 Å². The van der Waals surface area contributed by atoms with Crippen LogP contribution in [0.4, 0.5) is 0 Å². The topological polar surface area (TPSA) is 0 Å². The summed E-state index contributed by atoms with van der Waals surface area (Å²) in [5.41, 5.74) is 0. The lowest BCUT2D eigenvalue weighted by molar-refractivity contribution is 1.33. The lowest BCUT2D eigenvalue weighted by atomic mass is 10.9. The van der Waals surface area contributed by atoms with Gasteiger partial charge in [-0.05, 0) is 0 Å². The Labute approximate surface area is 62.8 Å². The highest BCUT2D eigenvalue weighted by Gasteiger charge is 2.03. The second-order valence-electron chi connectivity index (χ2n) is 1.81. The lowest BCUT2D eigenvalue weighted by Gasteiger charge is -1.92. The zero-order valence-electron chi connectivity index (χ0n) is 5.68. The van der Waals surface area contributed by atoms with Gasteiger partial charge in [0.2, 0.25) is 0 Å². The van der Waals surface area contributed by atoms with Crippen LogP contribution in [0.5, 0.6) is 0 Å². The normalized spacial score (nSPS) is 7.25. The molecule has 0 amide bonds. The Morgan fingerprint density at radius 3 is 1.75 bits per heavy atom. The molecule has 0 bridgehead atoms. The van der Waals surface area contributed by atoms with Gasteiger partial charge in [-0.15, -0.1) is 19.0 Å². The van der Waals surface area contributed by atoms with Crippen molar-refractivity contribution in [3.8, 4) is 0 Å². The van der Waals surface area contributed by atoms with Gasteiger partial charge in [-0.3, -0.25) is 0 Å². The molecule has 0 aliphatic heterocycles. The van der Waals surface area contributed by atoms with Crippen molar-refractivity contribution in [1.82, 2.24) is 0 Å². The summed E-state index contributed by atoms with van der Waals surface area (Å²) < 4.78 is 0. The molecule has 0 aromatic heterocycles. The SMILES string of the molecule is C=[CH][Al]([CH2]C)[CH2]C.Cl. The summed E-state index contributed by atoms with van der Waals surface area (Å²) in [6, 6.07) is 0. The smallest absolute Gasteiger partial charge is 0.151 e. The van der Waals surface area contributed by atoms with E-state index >= 15 is 0 Å². The molecule has 0 spiro atoms. The van der Waals surface area contributed by atoms with Gasteiger partial charge in [0.25, 0.3) is 14.1 Å². The first-order chi connectivity index (χ1) is 3.35. The van der Waals surface area contributed by atoms with E-state index in [-0.39, 0.29) is 12.4 Å². The highest BCUT2D eigenvalue weighted by Crippen LogP contribution is 1.96. The number of hydrogen-bond donors (Lipinski definition) is 0. The van der Waals surface area contributed by atoms with E-state index in [0.717, 1.165) is 0 Å². The summed E-state index contributed by atoms with van der Waals surface area (Å²) in [5.74, 6) is 0. The Kier molecular flexibility index (Phi) is 10.7. The summed E-state index contributed by atoms with van der Waals surface area (Å²) >= 11 is -0.407. The van der Waals surface area contributed by atoms with Crippen molar-refractivity contribution >= 4 is 26.6 Å². The van der Waals surface area contributed by atoms with Gasteiger partial charge in [0.15, 0.2) is 0 Å². The molecule has 0 heterocycles. The van der Waals surface area contributed by atoms with Crippen LogP contribution >= 0.6 is 12.4 Å². The first-order valence-corrected chi connectivity index (χ1v) is 5.27. The van der Waals surface area contributed by atoms with E-state index in [0.29, 0.717) is 0 Å². The Morgan fingerprint density at radius 1 is 1.38 bits per heavy atom. The van der Waals surface area contributed by atoms with E-state index in [1.807, 2.05) is 0 Å². The van der Waals surface area contributed by atoms with Gasteiger partial charge in [0, 0.05) is 0 Å². The fraction of sp³-hybridized carbons (Fsp3) is 0.667. The molecular weight excluding hydrogens is 135 g/mol. The van der Waals surface area contributed by atoms with E-state index in [4.69, 9.17) is 0 Å². The third-order valence-corrected chi connectivity index (χ3v) is 4.15. The summed E-state index contributed by atoms with van der Waals surface area (Å²) in [7, 11) is 0. The van der Waals surface area contributed by atoms with Crippen molar-refractivity contribution in [3.05, 3.63) is 11.5 Å². The highest BCUT2D eigenvalue weighted by atomic mass is 35.5. The van der Waals surface area contributed by atoms with Crippen LogP contribution in [0.3, 0.4) is 0 Å².